The van der Waals surface area contributed by atoms with E-state index in [1.54, 1.807) is 19.1 Å². The zero-order valence-corrected chi connectivity index (χ0v) is 17.3. The number of rotatable bonds is 6. The Labute approximate surface area is 171 Å². The van der Waals surface area contributed by atoms with E-state index in [1.165, 1.54) is 5.56 Å². The maximum absolute atomic E-state index is 12.5. The summed E-state index contributed by atoms with van der Waals surface area (Å²) in [6, 6.07) is 15.5. The van der Waals surface area contributed by atoms with E-state index in [0.717, 1.165) is 27.9 Å². The van der Waals surface area contributed by atoms with Crippen LogP contribution in [0.15, 0.2) is 48.5 Å². The van der Waals surface area contributed by atoms with Gasteiger partial charge in [0.05, 0.1) is 6.61 Å². The van der Waals surface area contributed by atoms with Gasteiger partial charge in [0.15, 0.2) is 0 Å². The number of esters is 1. The lowest BCUT2D eigenvalue weighted by Gasteiger charge is -2.08. The van der Waals surface area contributed by atoms with Gasteiger partial charge in [-0.25, -0.2) is 4.79 Å². The van der Waals surface area contributed by atoms with Crippen LogP contribution in [-0.4, -0.2) is 23.5 Å². The standard InChI is InChI=1S/C24H26N2O3/c1-5-29-24(28)22-16(3)21(17(4)26-22)19-10-12-20(13-11-19)23(27)25-14-18-8-6-15(2)7-9-18/h6-13,26H,5,14H2,1-4H3,(H,25,27). The number of ether oxygens (including phenoxy) is 1. The highest BCUT2D eigenvalue weighted by Crippen LogP contribution is 2.30. The zero-order valence-electron chi connectivity index (χ0n) is 17.3. The highest BCUT2D eigenvalue weighted by atomic mass is 16.5. The number of aromatic amines is 1. The van der Waals surface area contributed by atoms with Gasteiger partial charge in [-0.15, -0.1) is 0 Å². The topological polar surface area (TPSA) is 71.2 Å². The van der Waals surface area contributed by atoms with Gasteiger partial charge in [-0.2, -0.15) is 0 Å². The average Bonchev–Trinajstić information content (AvgIpc) is 3.02. The molecule has 0 fully saturated rings. The summed E-state index contributed by atoms with van der Waals surface area (Å²) in [4.78, 5) is 27.7. The third kappa shape index (κ3) is 4.57. The lowest BCUT2D eigenvalue weighted by molar-refractivity contribution is 0.0519. The monoisotopic (exact) mass is 390 g/mol. The Bertz CT molecular complexity index is 1020. The van der Waals surface area contributed by atoms with Crippen molar-refractivity contribution >= 4 is 11.9 Å². The van der Waals surface area contributed by atoms with Crippen LogP contribution in [0.2, 0.25) is 0 Å². The molecule has 0 bridgehead atoms. The number of hydrogen-bond acceptors (Lipinski definition) is 3. The van der Waals surface area contributed by atoms with Gasteiger partial charge < -0.3 is 15.0 Å². The molecule has 5 nitrogen and oxygen atoms in total. The molecule has 3 aromatic rings. The van der Waals surface area contributed by atoms with Crippen LogP contribution in [0.25, 0.3) is 11.1 Å². The number of benzene rings is 2. The van der Waals surface area contributed by atoms with Crippen molar-refractivity contribution in [2.75, 3.05) is 6.61 Å². The maximum Gasteiger partial charge on any atom is 0.355 e. The van der Waals surface area contributed by atoms with Crippen LogP contribution in [0.5, 0.6) is 0 Å². The molecule has 1 amide bonds. The Balaban J connectivity index is 1.74. The minimum Gasteiger partial charge on any atom is -0.461 e. The third-order valence-corrected chi connectivity index (χ3v) is 4.93. The first-order valence-electron chi connectivity index (χ1n) is 9.71. The van der Waals surface area contributed by atoms with E-state index in [9.17, 15) is 9.59 Å². The fraction of sp³-hybridized carbons (Fsp3) is 0.250. The van der Waals surface area contributed by atoms with Crippen molar-refractivity contribution in [1.82, 2.24) is 10.3 Å². The molecule has 1 heterocycles. The van der Waals surface area contributed by atoms with Crippen LogP contribution in [0, 0.1) is 20.8 Å². The summed E-state index contributed by atoms with van der Waals surface area (Å²) < 4.78 is 5.11. The maximum atomic E-state index is 12.5. The fourth-order valence-corrected chi connectivity index (χ4v) is 3.37. The zero-order chi connectivity index (χ0) is 21.0. The van der Waals surface area contributed by atoms with E-state index in [4.69, 9.17) is 4.74 Å². The Morgan fingerprint density at radius 3 is 2.24 bits per heavy atom. The molecule has 0 unspecified atom stereocenters. The van der Waals surface area contributed by atoms with Crippen LogP contribution >= 0.6 is 0 Å². The number of aromatic nitrogens is 1. The highest BCUT2D eigenvalue weighted by molar-refractivity contribution is 5.95. The Kier molecular flexibility index (Phi) is 6.17. The number of carbonyl (C=O) groups excluding carboxylic acids is 2. The molecule has 5 heteroatoms. The SMILES string of the molecule is CCOC(=O)c1[nH]c(C)c(-c2ccc(C(=O)NCc3ccc(C)cc3)cc2)c1C. The lowest BCUT2D eigenvalue weighted by Crippen LogP contribution is -2.22. The van der Waals surface area contributed by atoms with Crippen LogP contribution in [-0.2, 0) is 11.3 Å². The van der Waals surface area contributed by atoms with Gasteiger partial charge in [-0.3, -0.25) is 4.79 Å². The first kappa shape index (κ1) is 20.4. The summed E-state index contributed by atoms with van der Waals surface area (Å²) >= 11 is 0. The number of aryl methyl sites for hydroxylation is 2. The summed E-state index contributed by atoms with van der Waals surface area (Å²) in [5, 5.41) is 2.94. The minimum atomic E-state index is -0.355. The van der Waals surface area contributed by atoms with Gasteiger partial charge in [-0.1, -0.05) is 42.0 Å². The molecule has 1 aromatic heterocycles. The molecule has 0 saturated carbocycles. The predicted molar refractivity (Wildman–Crippen MR) is 114 cm³/mol. The molecule has 0 spiro atoms. The molecule has 150 valence electrons. The molecule has 0 aliphatic rings. The van der Waals surface area contributed by atoms with Crippen LogP contribution < -0.4 is 5.32 Å². The van der Waals surface area contributed by atoms with E-state index < -0.39 is 0 Å². The molecule has 0 aliphatic carbocycles. The van der Waals surface area contributed by atoms with Crippen molar-refractivity contribution < 1.29 is 14.3 Å². The first-order chi connectivity index (χ1) is 13.9. The number of carbonyl (C=O) groups is 2. The van der Waals surface area contributed by atoms with Crippen LogP contribution in [0.3, 0.4) is 0 Å². The number of hydrogen-bond donors (Lipinski definition) is 2. The van der Waals surface area contributed by atoms with Crippen molar-refractivity contribution in [3.63, 3.8) is 0 Å². The van der Waals surface area contributed by atoms with Crippen molar-refractivity contribution in [3.05, 3.63) is 82.2 Å². The Morgan fingerprint density at radius 2 is 1.62 bits per heavy atom. The second-order valence-electron chi connectivity index (χ2n) is 7.09. The number of nitrogens with one attached hydrogen (secondary N) is 2. The molecular formula is C24H26N2O3. The summed E-state index contributed by atoms with van der Waals surface area (Å²) in [5.41, 5.74) is 6.96. The van der Waals surface area contributed by atoms with Gasteiger partial charge in [0.2, 0.25) is 0 Å². The second-order valence-corrected chi connectivity index (χ2v) is 7.09. The number of H-pyrrole nitrogens is 1. The molecule has 3 rings (SSSR count). The highest BCUT2D eigenvalue weighted by Gasteiger charge is 2.19. The lowest BCUT2D eigenvalue weighted by atomic mass is 10.00. The van der Waals surface area contributed by atoms with Crippen molar-refractivity contribution in [3.8, 4) is 11.1 Å². The van der Waals surface area contributed by atoms with E-state index >= 15 is 0 Å². The van der Waals surface area contributed by atoms with Gasteiger partial charge in [0, 0.05) is 23.4 Å². The summed E-state index contributed by atoms with van der Waals surface area (Å²) in [6.45, 7) is 8.46. The average molecular weight is 390 g/mol. The quantitative estimate of drug-likeness (QED) is 0.599. The van der Waals surface area contributed by atoms with Crippen molar-refractivity contribution in [2.24, 2.45) is 0 Å². The fourth-order valence-electron chi connectivity index (χ4n) is 3.37. The Hall–Kier alpha value is -3.34. The molecule has 0 saturated heterocycles. The third-order valence-electron chi connectivity index (χ3n) is 4.93. The van der Waals surface area contributed by atoms with Gasteiger partial charge in [0.25, 0.3) is 5.91 Å². The predicted octanol–water partition coefficient (Wildman–Crippen LogP) is 4.71. The van der Waals surface area contributed by atoms with Gasteiger partial charge >= 0.3 is 5.97 Å². The van der Waals surface area contributed by atoms with Gasteiger partial charge in [-0.05, 0) is 56.5 Å². The summed E-state index contributed by atoms with van der Waals surface area (Å²) in [5.74, 6) is -0.474. The largest absolute Gasteiger partial charge is 0.461 e. The van der Waals surface area contributed by atoms with E-state index in [1.807, 2.05) is 57.2 Å². The minimum absolute atomic E-state index is 0.119. The van der Waals surface area contributed by atoms with E-state index in [0.29, 0.717) is 24.4 Å². The summed E-state index contributed by atoms with van der Waals surface area (Å²) in [6.07, 6.45) is 0. The Morgan fingerprint density at radius 1 is 0.966 bits per heavy atom. The molecular weight excluding hydrogens is 364 g/mol. The van der Waals surface area contributed by atoms with Crippen molar-refractivity contribution in [2.45, 2.75) is 34.2 Å². The van der Waals surface area contributed by atoms with Crippen LogP contribution in [0.4, 0.5) is 0 Å². The summed E-state index contributed by atoms with van der Waals surface area (Å²) in [7, 11) is 0. The smallest absolute Gasteiger partial charge is 0.355 e. The van der Waals surface area contributed by atoms with Gasteiger partial charge in [0.1, 0.15) is 5.69 Å². The number of amides is 1. The second kappa shape index (κ2) is 8.78. The first-order valence-corrected chi connectivity index (χ1v) is 9.71. The molecule has 0 atom stereocenters. The van der Waals surface area contributed by atoms with E-state index in [-0.39, 0.29) is 11.9 Å². The van der Waals surface area contributed by atoms with Crippen molar-refractivity contribution in [1.29, 1.82) is 0 Å². The normalized spacial score (nSPS) is 10.6. The molecule has 2 aromatic carbocycles. The van der Waals surface area contributed by atoms with E-state index in [2.05, 4.69) is 10.3 Å². The molecule has 2 N–H and O–H groups in total. The molecule has 29 heavy (non-hydrogen) atoms. The molecule has 0 aliphatic heterocycles. The molecule has 0 radical (unpaired) electrons. The van der Waals surface area contributed by atoms with Crippen LogP contribution in [0.1, 0.15) is 50.2 Å².